The molecular weight excluding hydrogens is 216 g/mol. The zero-order chi connectivity index (χ0) is 11.8. The van der Waals surface area contributed by atoms with E-state index in [4.69, 9.17) is 0 Å². The Hall–Kier alpha value is -1.88. The van der Waals surface area contributed by atoms with Gasteiger partial charge in [-0.2, -0.15) is 0 Å². The minimum Gasteiger partial charge on any atom is -0.345 e. The summed E-state index contributed by atoms with van der Waals surface area (Å²) in [5.74, 6) is 0.0630. The van der Waals surface area contributed by atoms with Crippen LogP contribution in [0.2, 0.25) is 0 Å². The lowest BCUT2D eigenvalue weighted by Crippen LogP contribution is -2.57. The van der Waals surface area contributed by atoms with Crippen molar-refractivity contribution in [1.29, 1.82) is 0 Å². The smallest absolute Gasteiger partial charge is 0.254 e. The van der Waals surface area contributed by atoms with Crippen LogP contribution in [0, 0.1) is 0 Å². The Bertz CT molecular complexity index is 558. The van der Waals surface area contributed by atoms with Gasteiger partial charge in [0.25, 0.3) is 5.91 Å². The highest BCUT2D eigenvalue weighted by molar-refractivity contribution is 5.97. The number of imidazole rings is 1. The summed E-state index contributed by atoms with van der Waals surface area (Å²) < 4.78 is 0. The summed E-state index contributed by atoms with van der Waals surface area (Å²) in [5, 5.41) is 3.16. The van der Waals surface area contributed by atoms with Gasteiger partial charge in [0.1, 0.15) is 0 Å². The van der Waals surface area contributed by atoms with Gasteiger partial charge in [-0.25, -0.2) is 4.98 Å². The van der Waals surface area contributed by atoms with Gasteiger partial charge in [0, 0.05) is 25.7 Å². The number of aromatic amines is 1. The highest BCUT2D eigenvalue weighted by atomic mass is 16.2. The molecule has 0 aliphatic carbocycles. The van der Waals surface area contributed by atoms with E-state index in [0.29, 0.717) is 11.6 Å². The molecule has 2 aromatic rings. The number of carbonyl (C=O) groups is 1. The Labute approximate surface area is 98.8 Å². The molecule has 0 atom stereocenters. The molecule has 2 heterocycles. The van der Waals surface area contributed by atoms with Crippen molar-refractivity contribution in [3.8, 4) is 0 Å². The molecule has 1 fully saturated rings. The maximum absolute atomic E-state index is 12.2. The van der Waals surface area contributed by atoms with E-state index >= 15 is 0 Å². The quantitative estimate of drug-likeness (QED) is 0.794. The number of rotatable bonds is 2. The zero-order valence-corrected chi connectivity index (χ0v) is 9.60. The molecule has 1 aromatic heterocycles. The van der Waals surface area contributed by atoms with Crippen molar-refractivity contribution in [2.75, 3.05) is 20.1 Å². The molecule has 0 unspecified atom stereocenters. The van der Waals surface area contributed by atoms with Crippen molar-refractivity contribution in [3.63, 3.8) is 0 Å². The van der Waals surface area contributed by atoms with Crippen molar-refractivity contribution >= 4 is 16.9 Å². The third-order valence-electron chi connectivity index (χ3n) is 3.30. The lowest BCUT2D eigenvalue weighted by molar-refractivity contribution is 0.0681. The van der Waals surface area contributed by atoms with Crippen LogP contribution in [0.4, 0.5) is 0 Å². The maximum atomic E-state index is 12.2. The van der Waals surface area contributed by atoms with E-state index in [2.05, 4.69) is 15.3 Å². The number of aromatic nitrogens is 2. The molecule has 0 spiro atoms. The summed E-state index contributed by atoms with van der Waals surface area (Å²) in [6.07, 6.45) is 1.64. The van der Waals surface area contributed by atoms with Crippen LogP contribution in [0.5, 0.6) is 0 Å². The molecule has 0 saturated carbocycles. The highest BCUT2D eigenvalue weighted by Gasteiger charge is 2.26. The summed E-state index contributed by atoms with van der Waals surface area (Å²) in [7, 11) is 1.85. The molecule has 1 amide bonds. The Morgan fingerprint density at radius 2 is 2.29 bits per heavy atom. The van der Waals surface area contributed by atoms with E-state index in [0.717, 1.165) is 24.1 Å². The van der Waals surface area contributed by atoms with E-state index in [1.807, 2.05) is 25.2 Å². The van der Waals surface area contributed by atoms with Crippen LogP contribution in [0.1, 0.15) is 10.4 Å². The minimum atomic E-state index is 0.0630. The fourth-order valence-electron chi connectivity index (χ4n) is 1.99. The number of benzene rings is 1. The SMILES string of the molecule is CN(C(=O)c1ccc2nc[nH]c2c1)C1CNC1. The molecule has 5 heteroatoms. The fraction of sp³-hybridized carbons (Fsp3) is 0.333. The number of fused-ring (bicyclic) bond motifs is 1. The number of hydrogen-bond donors (Lipinski definition) is 2. The van der Waals surface area contributed by atoms with Gasteiger partial charge in [0.05, 0.1) is 23.4 Å². The third-order valence-corrected chi connectivity index (χ3v) is 3.30. The van der Waals surface area contributed by atoms with E-state index in [1.165, 1.54) is 0 Å². The average molecular weight is 230 g/mol. The summed E-state index contributed by atoms with van der Waals surface area (Å²) in [6, 6.07) is 5.87. The molecule has 0 radical (unpaired) electrons. The topological polar surface area (TPSA) is 61.0 Å². The zero-order valence-electron chi connectivity index (χ0n) is 9.60. The second-order valence-electron chi connectivity index (χ2n) is 4.36. The van der Waals surface area contributed by atoms with Gasteiger partial charge in [-0.1, -0.05) is 0 Å². The maximum Gasteiger partial charge on any atom is 0.254 e. The molecule has 1 aromatic carbocycles. The molecule has 1 aliphatic heterocycles. The first-order chi connectivity index (χ1) is 8.25. The van der Waals surface area contributed by atoms with Crippen LogP contribution in [-0.2, 0) is 0 Å². The van der Waals surface area contributed by atoms with Gasteiger partial charge < -0.3 is 15.2 Å². The van der Waals surface area contributed by atoms with Crippen molar-refractivity contribution in [2.24, 2.45) is 0 Å². The Morgan fingerprint density at radius 1 is 1.47 bits per heavy atom. The molecule has 3 rings (SSSR count). The second kappa shape index (κ2) is 3.85. The summed E-state index contributed by atoms with van der Waals surface area (Å²) >= 11 is 0. The lowest BCUT2D eigenvalue weighted by Gasteiger charge is -2.35. The minimum absolute atomic E-state index is 0.0630. The molecular formula is C12H14N4O. The Morgan fingerprint density at radius 3 is 3.00 bits per heavy atom. The normalized spacial score (nSPS) is 15.8. The monoisotopic (exact) mass is 230 g/mol. The Balaban J connectivity index is 1.88. The second-order valence-corrected chi connectivity index (χ2v) is 4.36. The van der Waals surface area contributed by atoms with Gasteiger partial charge in [0.2, 0.25) is 0 Å². The third kappa shape index (κ3) is 1.68. The van der Waals surface area contributed by atoms with Crippen LogP contribution in [0.3, 0.4) is 0 Å². The van der Waals surface area contributed by atoms with Gasteiger partial charge in [-0.3, -0.25) is 4.79 Å². The fourth-order valence-corrected chi connectivity index (χ4v) is 1.99. The first-order valence-electron chi connectivity index (χ1n) is 5.67. The predicted octanol–water partition coefficient (Wildman–Crippen LogP) is 0.607. The number of hydrogen-bond acceptors (Lipinski definition) is 3. The number of likely N-dealkylation sites (N-methyl/N-ethyl adjacent to an activating group) is 1. The number of H-pyrrole nitrogens is 1. The van der Waals surface area contributed by atoms with Crippen molar-refractivity contribution in [1.82, 2.24) is 20.2 Å². The van der Waals surface area contributed by atoms with Gasteiger partial charge in [-0.05, 0) is 18.2 Å². The first kappa shape index (κ1) is 10.3. The summed E-state index contributed by atoms with van der Waals surface area (Å²) in [4.78, 5) is 21.2. The van der Waals surface area contributed by atoms with Crippen molar-refractivity contribution < 1.29 is 4.79 Å². The van der Waals surface area contributed by atoms with E-state index in [9.17, 15) is 4.79 Å². The molecule has 1 saturated heterocycles. The number of nitrogens with zero attached hydrogens (tertiary/aromatic N) is 2. The van der Waals surface area contributed by atoms with E-state index < -0.39 is 0 Å². The molecule has 17 heavy (non-hydrogen) atoms. The number of nitrogens with one attached hydrogen (secondary N) is 2. The van der Waals surface area contributed by atoms with Crippen molar-refractivity contribution in [3.05, 3.63) is 30.1 Å². The molecule has 5 nitrogen and oxygen atoms in total. The van der Waals surface area contributed by atoms with E-state index in [-0.39, 0.29) is 5.91 Å². The van der Waals surface area contributed by atoms with Crippen LogP contribution < -0.4 is 5.32 Å². The largest absolute Gasteiger partial charge is 0.345 e. The van der Waals surface area contributed by atoms with Crippen LogP contribution in [-0.4, -0.2) is 47.0 Å². The van der Waals surface area contributed by atoms with Crippen LogP contribution in [0.25, 0.3) is 11.0 Å². The standard InChI is InChI=1S/C12H14N4O/c1-16(9-5-13-6-9)12(17)8-2-3-10-11(4-8)15-7-14-10/h2-4,7,9,13H,5-6H2,1H3,(H,14,15). The average Bonchev–Trinajstić information content (AvgIpc) is 2.72. The van der Waals surface area contributed by atoms with Crippen LogP contribution >= 0.6 is 0 Å². The lowest BCUT2D eigenvalue weighted by atomic mass is 10.1. The molecule has 88 valence electrons. The van der Waals surface area contributed by atoms with Crippen LogP contribution in [0.15, 0.2) is 24.5 Å². The molecule has 1 aliphatic rings. The van der Waals surface area contributed by atoms with Gasteiger partial charge in [-0.15, -0.1) is 0 Å². The summed E-state index contributed by atoms with van der Waals surface area (Å²) in [6.45, 7) is 1.77. The van der Waals surface area contributed by atoms with E-state index in [1.54, 1.807) is 11.2 Å². The molecule has 0 bridgehead atoms. The first-order valence-corrected chi connectivity index (χ1v) is 5.67. The molecule has 2 N–H and O–H groups in total. The number of carbonyl (C=O) groups excluding carboxylic acids is 1. The highest BCUT2D eigenvalue weighted by Crippen LogP contribution is 2.14. The Kier molecular flexibility index (Phi) is 2.33. The summed E-state index contributed by atoms with van der Waals surface area (Å²) in [5.41, 5.74) is 2.49. The van der Waals surface area contributed by atoms with Crippen molar-refractivity contribution in [2.45, 2.75) is 6.04 Å². The number of amides is 1. The van der Waals surface area contributed by atoms with Gasteiger partial charge >= 0.3 is 0 Å². The predicted molar refractivity (Wildman–Crippen MR) is 64.8 cm³/mol. The van der Waals surface area contributed by atoms with Gasteiger partial charge in [0.15, 0.2) is 0 Å².